The van der Waals surface area contributed by atoms with Gasteiger partial charge in [0.05, 0.1) is 10.9 Å². The van der Waals surface area contributed by atoms with E-state index in [4.69, 9.17) is 0 Å². The highest BCUT2D eigenvalue weighted by atomic mass is 32.2. The first-order valence-electron chi connectivity index (χ1n) is 7.40. The lowest BCUT2D eigenvalue weighted by molar-refractivity contribution is -0.117. The van der Waals surface area contributed by atoms with Crippen molar-refractivity contribution >= 4 is 29.3 Å². The van der Waals surface area contributed by atoms with Gasteiger partial charge in [-0.3, -0.25) is 9.48 Å². The van der Waals surface area contributed by atoms with E-state index in [9.17, 15) is 4.79 Å². The van der Waals surface area contributed by atoms with Gasteiger partial charge in [0.1, 0.15) is 0 Å². The molecule has 3 unspecified atom stereocenters. The number of rotatable bonds is 5. The smallest absolute Gasteiger partial charge is 0.152 e. The zero-order chi connectivity index (χ0) is 14.7. The molecule has 0 bridgehead atoms. The second-order valence-corrected chi connectivity index (χ2v) is 8.30. The molecule has 1 aliphatic heterocycles. The van der Waals surface area contributed by atoms with Crippen LogP contribution in [0.4, 0.5) is 0 Å². The van der Waals surface area contributed by atoms with Gasteiger partial charge in [-0.05, 0) is 19.4 Å². The van der Waals surface area contributed by atoms with Crippen LogP contribution in [0.15, 0.2) is 6.07 Å². The first-order chi connectivity index (χ1) is 9.55. The Bertz CT molecular complexity index is 472. The van der Waals surface area contributed by atoms with Crippen molar-refractivity contribution in [2.75, 3.05) is 5.75 Å². The fourth-order valence-electron chi connectivity index (χ4n) is 2.35. The summed E-state index contributed by atoms with van der Waals surface area (Å²) in [5, 5.41) is 5.88. The van der Waals surface area contributed by atoms with Crippen LogP contribution >= 0.6 is 23.5 Å². The highest BCUT2D eigenvalue weighted by Crippen LogP contribution is 2.36. The molecule has 1 saturated heterocycles. The number of carbonyl (C=O) groups excluding carboxylic acids is 1. The first-order valence-corrected chi connectivity index (χ1v) is 9.39. The summed E-state index contributed by atoms with van der Waals surface area (Å²) in [6.07, 6.45) is 1.46. The maximum absolute atomic E-state index is 12.5. The number of hydrogen-bond acceptors (Lipinski definition) is 4. The van der Waals surface area contributed by atoms with E-state index in [0.717, 1.165) is 30.1 Å². The molecule has 3 atom stereocenters. The quantitative estimate of drug-likeness (QED) is 0.836. The van der Waals surface area contributed by atoms with Crippen molar-refractivity contribution < 1.29 is 4.79 Å². The number of hydrogen-bond donors (Lipinski definition) is 0. The van der Waals surface area contributed by atoms with E-state index < -0.39 is 0 Å². The molecular formula is C15H24N2OS2. The van der Waals surface area contributed by atoms with E-state index in [0.29, 0.717) is 22.7 Å². The molecule has 0 aliphatic carbocycles. The van der Waals surface area contributed by atoms with Gasteiger partial charge in [0.2, 0.25) is 0 Å². The van der Waals surface area contributed by atoms with Gasteiger partial charge in [-0.15, -0.1) is 11.8 Å². The van der Waals surface area contributed by atoms with E-state index in [1.54, 1.807) is 0 Å². The Labute approximate surface area is 130 Å². The monoisotopic (exact) mass is 312 g/mol. The Balaban J connectivity index is 2.02. The van der Waals surface area contributed by atoms with Crippen LogP contribution in [-0.4, -0.2) is 37.1 Å². The molecule has 20 heavy (non-hydrogen) atoms. The van der Waals surface area contributed by atoms with Crippen LogP contribution < -0.4 is 0 Å². The molecule has 1 aliphatic rings. The van der Waals surface area contributed by atoms with Gasteiger partial charge in [0.15, 0.2) is 5.78 Å². The van der Waals surface area contributed by atoms with Gasteiger partial charge >= 0.3 is 0 Å². The lowest BCUT2D eigenvalue weighted by Crippen LogP contribution is -2.32. The van der Waals surface area contributed by atoms with E-state index in [1.165, 1.54) is 0 Å². The predicted molar refractivity (Wildman–Crippen MR) is 88.8 cm³/mol. The fourth-order valence-corrected chi connectivity index (χ4v) is 5.24. The van der Waals surface area contributed by atoms with Crippen LogP contribution in [0.25, 0.3) is 0 Å². The average Bonchev–Trinajstić information content (AvgIpc) is 2.84. The predicted octanol–water partition coefficient (Wildman–Crippen LogP) is 3.20. The van der Waals surface area contributed by atoms with Crippen molar-refractivity contribution in [2.24, 2.45) is 0 Å². The van der Waals surface area contributed by atoms with E-state index in [2.05, 4.69) is 38.9 Å². The topological polar surface area (TPSA) is 34.9 Å². The molecule has 0 spiro atoms. The van der Waals surface area contributed by atoms with Crippen LogP contribution in [0.3, 0.4) is 0 Å². The van der Waals surface area contributed by atoms with Gasteiger partial charge in [0.25, 0.3) is 0 Å². The minimum atomic E-state index is 0.150. The lowest BCUT2D eigenvalue weighted by Gasteiger charge is -2.30. The second-order valence-electron chi connectivity index (χ2n) is 5.31. The molecule has 2 rings (SSSR count). The summed E-state index contributed by atoms with van der Waals surface area (Å²) in [6, 6.07) is 2.09. The Morgan fingerprint density at radius 2 is 2.15 bits per heavy atom. The zero-order valence-corrected chi connectivity index (χ0v) is 14.4. The molecule has 0 saturated carbocycles. The standard InChI is InChI=1S/C15H24N2OS2/c1-5-12-7-13(17(6-2)16-12)8-14(18)15-9-19-10(3)11(4)20-15/h7,10-11,15H,5-6,8-9H2,1-4H3. The third-order valence-electron chi connectivity index (χ3n) is 3.84. The fraction of sp³-hybridized carbons (Fsp3) is 0.733. The van der Waals surface area contributed by atoms with Crippen LogP contribution in [-0.2, 0) is 24.2 Å². The van der Waals surface area contributed by atoms with Gasteiger partial charge in [-0.1, -0.05) is 20.8 Å². The molecule has 0 amide bonds. The molecule has 0 radical (unpaired) electrons. The summed E-state index contributed by atoms with van der Waals surface area (Å²) < 4.78 is 1.98. The second kappa shape index (κ2) is 7.03. The minimum absolute atomic E-state index is 0.150. The first kappa shape index (κ1) is 16.0. The van der Waals surface area contributed by atoms with Crippen LogP contribution in [0.2, 0.25) is 0 Å². The largest absolute Gasteiger partial charge is 0.298 e. The highest BCUT2D eigenvalue weighted by molar-refractivity contribution is 8.08. The number of carbonyl (C=O) groups is 1. The summed E-state index contributed by atoms with van der Waals surface area (Å²) in [4.78, 5) is 12.5. The van der Waals surface area contributed by atoms with E-state index >= 15 is 0 Å². The Morgan fingerprint density at radius 3 is 2.75 bits per heavy atom. The normalized spacial score (nSPS) is 26.7. The number of aryl methyl sites for hydroxylation is 2. The number of ketones is 1. The Morgan fingerprint density at radius 1 is 1.40 bits per heavy atom. The molecule has 3 nitrogen and oxygen atoms in total. The van der Waals surface area contributed by atoms with Crippen LogP contribution in [0.5, 0.6) is 0 Å². The van der Waals surface area contributed by atoms with Crippen molar-refractivity contribution in [2.45, 2.75) is 62.8 Å². The number of nitrogens with zero attached hydrogens (tertiary/aromatic N) is 2. The molecule has 1 fully saturated rings. The number of thioether (sulfide) groups is 2. The summed E-state index contributed by atoms with van der Waals surface area (Å²) in [6.45, 7) is 9.50. The summed E-state index contributed by atoms with van der Waals surface area (Å²) in [5.74, 6) is 1.31. The van der Waals surface area contributed by atoms with Crippen molar-refractivity contribution in [3.05, 3.63) is 17.5 Å². The molecule has 0 N–H and O–H groups in total. The maximum atomic E-state index is 12.5. The molecule has 2 heterocycles. The minimum Gasteiger partial charge on any atom is -0.298 e. The lowest BCUT2D eigenvalue weighted by atomic mass is 10.1. The highest BCUT2D eigenvalue weighted by Gasteiger charge is 2.30. The number of Topliss-reactive ketones (excluding diaryl/α,β-unsaturated/α-hetero) is 1. The number of aromatic nitrogens is 2. The summed E-state index contributed by atoms with van der Waals surface area (Å²) in [7, 11) is 0. The molecule has 1 aromatic rings. The molecule has 1 aromatic heterocycles. The zero-order valence-electron chi connectivity index (χ0n) is 12.8. The van der Waals surface area contributed by atoms with E-state index in [-0.39, 0.29) is 5.25 Å². The van der Waals surface area contributed by atoms with Gasteiger partial charge in [0, 0.05) is 34.9 Å². The molecule has 112 valence electrons. The van der Waals surface area contributed by atoms with Gasteiger partial charge < -0.3 is 0 Å². The molecular weight excluding hydrogens is 288 g/mol. The summed E-state index contributed by atoms with van der Waals surface area (Å²) >= 11 is 3.78. The Hall–Kier alpha value is -0.420. The maximum Gasteiger partial charge on any atom is 0.152 e. The van der Waals surface area contributed by atoms with Gasteiger partial charge in [-0.25, -0.2) is 0 Å². The molecule has 5 heteroatoms. The van der Waals surface area contributed by atoms with Crippen molar-refractivity contribution in [1.29, 1.82) is 0 Å². The average molecular weight is 313 g/mol. The molecule has 0 aromatic carbocycles. The Kier molecular flexibility index (Phi) is 5.61. The van der Waals surface area contributed by atoms with Crippen molar-refractivity contribution in [3.8, 4) is 0 Å². The van der Waals surface area contributed by atoms with E-state index in [1.807, 2.05) is 28.2 Å². The third kappa shape index (κ3) is 3.61. The van der Waals surface area contributed by atoms with Crippen molar-refractivity contribution in [3.63, 3.8) is 0 Å². The summed E-state index contributed by atoms with van der Waals surface area (Å²) in [5.41, 5.74) is 2.16. The van der Waals surface area contributed by atoms with Gasteiger partial charge in [-0.2, -0.15) is 16.9 Å². The van der Waals surface area contributed by atoms with Crippen LogP contribution in [0, 0.1) is 0 Å². The third-order valence-corrected chi connectivity index (χ3v) is 7.28. The van der Waals surface area contributed by atoms with Crippen LogP contribution in [0.1, 0.15) is 39.1 Å². The van der Waals surface area contributed by atoms with Crippen molar-refractivity contribution in [1.82, 2.24) is 9.78 Å². The SMILES string of the molecule is CCc1cc(CC(=O)C2CSC(C)C(C)S2)n(CC)n1.